The molecule has 0 aliphatic carbocycles. The predicted molar refractivity (Wildman–Crippen MR) is 86.5 cm³/mol. The van der Waals surface area contributed by atoms with Gasteiger partial charge in [0.05, 0.1) is 12.6 Å². The van der Waals surface area contributed by atoms with Gasteiger partial charge in [-0.3, -0.25) is 0 Å². The van der Waals surface area contributed by atoms with Crippen LogP contribution in [0.1, 0.15) is 39.1 Å². The number of nitrogens with zero attached hydrogens (tertiary/aromatic N) is 3. The molecule has 2 atom stereocenters. The summed E-state index contributed by atoms with van der Waals surface area (Å²) in [7, 11) is 0. The molecule has 1 aromatic heterocycles. The molecular weight excluding hydrogens is 278 g/mol. The van der Waals surface area contributed by atoms with Crippen molar-refractivity contribution in [2.45, 2.75) is 39.8 Å². The van der Waals surface area contributed by atoms with Gasteiger partial charge in [-0.1, -0.05) is 33.8 Å². The zero-order valence-electron chi connectivity index (χ0n) is 13.6. The third-order valence-corrected chi connectivity index (χ3v) is 4.05. The minimum absolute atomic E-state index is 0.144. The van der Waals surface area contributed by atoms with Gasteiger partial charge < -0.3 is 9.47 Å². The zero-order chi connectivity index (χ0) is 15.7. The largest absolute Gasteiger partial charge is 0.474 e. The lowest BCUT2D eigenvalue weighted by Gasteiger charge is -2.14. The van der Waals surface area contributed by atoms with Crippen LogP contribution in [0.3, 0.4) is 0 Å². The molecule has 3 rings (SSSR count). The first-order chi connectivity index (χ1) is 10.5. The highest BCUT2D eigenvalue weighted by atomic mass is 16.5. The summed E-state index contributed by atoms with van der Waals surface area (Å²) >= 11 is 0. The number of aliphatic imine (C=N–C) groups is 2. The van der Waals surface area contributed by atoms with Crippen molar-refractivity contribution in [2.24, 2.45) is 21.8 Å². The molecule has 0 saturated heterocycles. The Morgan fingerprint density at radius 2 is 1.77 bits per heavy atom. The lowest BCUT2D eigenvalue weighted by Crippen LogP contribution is -2.20. The summed E-state index contributed by atoms with van der Waals surface area (Å²) in [5.74, 6) is 2.16. The SMILES string of the molecule is CC(C)[C@@H]1CN=C(c2cccc(C3=N[C@@H](C(C)C)CO3)n2)O1. The first kappa shape index (κ1) is 15.0. The lowest BCUT2D eigenvalue weighted by atomic mass is 10.1. The molecule has 0 amide bonds. The van der Waals surface area contributed by atoms with E-state index in [4.69, 9.17) is 9.47 Å². The van der Waals surface area contributed by atoms with E-state index in [0.29, 0.717) is 36.8 Å². The molecule has 0 aromatic carbocycles. The van der Waals surface area contributed by atoms with Crippen LogP contribution in [-0.4, -0.2) is 42.1 Å². The maximum atomic E-state index is 5.89. The molecule has 2 aliphatic rings. The number of hydrogen-bond donors (Lipinski definition) is 0. The molecule has 0 bridgehead atoms. The number of hydrogen-bond acceptors (Lipinski definition) is 5. The fourth-order valence-corrected chi connectivity index (χ4v) is 2.42. The molecule has 5 nitrogen and oxygen atoms in total. The minimum atomic E-state index is 0.144. The molecule has 118 valence electrons. The van der Waals surface area contributed by atoms with Gasteiger partial charge >= 0.3 is 0 Å². The summed E-state index contributed by atoms with van der Waals surface area (Å²) in [6, 6.07) is 5.99. The summed E-state index contributed by atoms with van der Waals surface area (Å²) in [5.41, 5.74) is 1.50. The number of ether oxygens (including phenoxy) is 2. The van der Waals surface area contributed by atoms with Crippen molar-refractivity contribution < 1.29 is 9.47 Å². The minimum Gasteiger partial charge on any atom is -0.474 e. The number of rotatable bonds is 4. The zero-order valence-corrected chi connectivity index (χ0v) is 13.6. The van der Waals surface area contributed by atoms with Gasteiger partial charge in [0, 0.05) is 0 Å². The van der Waals surface area contributed by atoms with Crippen molar-refractivity contribution >= 4 is 11.8 Å². The first-order valence-electron chi connectivity index (χ1n) is 7.94. The molecule has 0 fully saturated rings. The van der Waals surface area contributed by atoms with Crippen molar-refractivity contribution in [1.29, 1.82) is 0 Å². The Labute approximate surface area is 131 Å². The van der Waals surface area contributed by atoms with Gasteiger partial charge in [-0.25, -0.2) is 15.0 Å². The van der Waals surface area contributed by atoms with E-state index in [9.17, 15) is 0 Å². The van der Waals surface area contributed by atoms with Gasteiger partial charge in [-0.15, -0.1) is 0 Å². The third-order valence-electron chi connectivity index (χ3n) is 4.05. The molecule has 22 heavy (non-hydrogen) atoms. The third kappa shape index (κ3) is 2.98. The maximum Gasteiger partial charge on any atom is 0.235 e. The van der Waals surface area contributed by atoms with Crippen LogP contribution in [0.4, 0.5) is 0 Å². The smallest absolute Gasteiger partial charge is 0.235 e. The van der Waals surface area contributed by atoms with Gasteiger partial charge in [0.2, 0.25) is 11.8 Å². The Morgan fingerprint density at radius 1 is 1.05 bits per heavy atom. The van der Waals surface area contributed by atoms with Crippen LogP contribution in [0.2, 0.25) is 0 Å². The summed E-state index contributed by atoms with van der Waals surface area (Å²) < 4.78 is 11.6. The molecule has 0 saturated carbocycles. The quantitative estimate of drug-likeness (QED) is 0.859. The van der Waals surface area contributed by atoms with E-state index < -0.39 is 0 Å². The van der Waals surface area contributed by atoms with Crippen molar-refractivity contribution in [3.05, 3.63) is 29.6 Å². The van der Waals surface area contributed by atoms with Gasteiger partial charge in [0.15, 0.2) is 0 Å². The van der Waals surface area contributed by atoms with Crippen LogP contribution in [-0.2, 0) is 9.47 Å². The fourth-order valence-electron chi connectivity index (χ4n) is 2.42. The van der Waals surface area contributed by atoms with Crippen molar-refractivity contribution in [3.8, 4) is 0 Å². The van der Waals surface area contributed by atoms with E-state index in [1.807, 2.05) is 18.2 Å². The molecule has 1 aromatic rings. The maximum absolute atomic E-state index is 5.89. The van der Waals surface area contributed by atoms with E-state index in [1.165, 1.54) is 0 Å². The molecular formula is C17H23N3O2. The van der Waals surface area contributed by atoms with Crippen molar-refractivity contribution in [2.75, 3.05) is 13.2 Å². The van der Waals surface area contributed by atoms with Gasteiger partial charge in [0.1, 0.15) is 24.1 Å². The van der Waals surface area contributed by atoms with Crippen LogP contribution in [0.5, 0.6) is 0 Å². The lowest BCUT2D eigenvalue weighted by molar-refractivity contribution is 0.171. The topological polar surface area (TPSA) is 56.1 Å². The Balaban J connectivity index is 1.78. The first-order valence-corrected chi connectivity index (χ1v) is 7.94. The van der Waals surface area contributed by atoms with Crippen molar-refractivity contribution in [3.63, 3.8) is 0 Å². The Bertz CT molecular complexity index is 608. The molecule has 5 heteroatoms. The summed E-state index contributed by atoms with van der Waals surface area (Å²) in [4.78, 5) is 13.7. The Hall–Kier alpha value is -1.91. The molecule has 3 heterocycles. The van der Waals surface area contributed by atoms with E-state index in [0.717, 1.165) is 11.4 Å². The molecule has 0 N–H and O–H groups in total. The standard InChI is InChI=1S/C17H23N3O2/c1-10(2)14-9-21-17(20-14)13-7-5-6-12(19-13)16-18-8-15(22-16)11(3)4/h5-7,10-11,14-15H,8-9H2,1-4H3/t14-,15+/m1/s1. The van der Waals surface area contributed by atoms with Crippen molar-refractivity contribution in [1.82, 2.24) is 4.98 Å². The predicted octanol–water partition coefficient (Wildman–Crippen LogP) is 2.68. The molecule has 0 unspecified atom stereocenters. The number of aromatic nitrogens is 1. The summed E-state index contributed by atoms with van der Waals surface area (Å²) in [5, 5.41) is 0. The second kappa shape index (κ2) is 6.07. The van der Waals surface area contributed by atoms with E-state index in [2.05, 4.69) is 42.7 Å². The summed E-state index contributed by atoms with van der Waals surface area (Å²) in [6.45, 7) is 9.91. The van der Waals surface area contributed by atoms with Crippen LogP contribution in [0.15, 0.2) is 28.2 Å². The highest BCUT2D eigenvalue weighted by Crippen LogP contribution is 2.19. The Kier molecular flexibility index (Phi) is 4.14. The van der Waals surface area contributed by atoms with E-state index in [1.54, 1.807) is 0 Å². The van der Waals surface area contributed by atoms with Crippen LogP contribution >= 0.6 is 0 Å². The van der Waals surface area contributed by atoms with E-state index in [-0.39, 0.29) is 12.1 Å². The molecule has 0 spiro atoms. The fraction of sp³-hybridized carbons (Fsp3) is 0.588. The average molecular weight is 301 g/mol. The van der Waals surface area contributed by atoms with Crippen LogP contribution < -0.4 is 0 Å². The normalized spacial score (nSPS) is 24.3. The summed E-state index contributed by atoms with van der Waals surface area (Å²) in [6.07, 6.45) is 0.144. The van der Waals surface area contributed by atoms with Gasteiger partial charge in [0.25, 0.3) is 0 Å². The van der Waals surface area contributed by atoms with Crippen LogP contribution in [0.25, 0.3) is 0 Å². The second-order valence-electron chi connectivity index (χ2n) is 6.51. The average Bonchev–Trinajstić information content (AvgIpc) is 3.17. The molecule has 0 radical (unpaired) electrons. The second-order valence-corrected chi connectivity index (χ2v) is 6.51. The Morgan fingerprint density at radius 3 is 2.36 bits per heavy atom. The van der Waals surface area contributed by atoms with Gasteiger partial charge in [-0.05, 0) is 24.0 Å². The highest BCUT2D eigenvalue weighted by molar-refractivity contribution is 5.97. The highest BCUT2D eigenvalue weighted by Gasteiger charge is 2.26. The van der Waals surface area contributed by atoms with Crippen LogP contribution in [0, 0.1) is 11.8 Å². The monoisotopic (exact) mass is 301 g/mol. The number of pyridine rings is 1. The molecule has 2 aliphatic heterocycles. The van der Waals surface area contributed by atoms with E-state index >= 15 is 0 Å². The van der Waals surface area contributed by atoms with Gasteiger partial charge in [-0.2, -0.15) is 0 Å².